The first-order valence-corrected chi connectivity index (χ1v) is 5.07. The Kier molecular flexibility index (Phi) is 2.90. The molecule has 0 heterocycles. The van der Waals surface area contributed by atoms with Crippen LogP contribution in [-0.4, -0.2) is 10.2 Å². The van der Waals surface area contributed by atoms with Gasteiger partial charge in [-0.15, -0.1) is 0 Å². The van der Waals surface area contributed by atoms with Gasteiger partial charge >= 0.3 is 6.18 Å². The molecule has 0 atom stereocenters. The molecule has 94 valence electrons. The fourth-order valence-electron chi connectivity index (χ4n) is 1.73. The number of alkyl halides is 3. The van der Waals surface area contributed by atoms with Crippen LogP contribution in [-0.2, 0) is 6.18 Å². The number of halogens is 3. The highest BCUT2D eigenvalue weighted by atomic mass is 19.4. The van der Waals surface area contributed by atoms with Crippen LogP contribution in [0.1, 0.15) is 5.56 Å². The molecule has 2 N–H and O–H groups in total. The number of benzene rings is 2. The predicted octanol–water partition coefficient (Wildman–Crippen LogP) is 3.78. The first-order chi connectivity index (χ1) is 8.38. The molecular weight excluding hydrogens is 245 g/mol. The van der Waals surface area contributed by atoms with Crippen LogP contribution in [0.4, 0.5) is 13.2 Å². The summed E-state index contributed by atoms with van der Waals surface area (Å²) in [5, 5.41) is 18.6. The van der Waals surface area contributed by atoms with E-state index < -0.39 is 11.7 Å². The Labute approximate surface area is 101 Å². The lowest BCUT2D eigenvalue weighted by atomic mass is 9.99. The van der Waals surface area contributed by atoms with Crippen molar-refractivity contribution in [1.82, 2.24) is 0 Å². The summed E-state index contributed by atoms with van der Waals surface area (Å²) < 4.78 is 38.4. The Bertz CT molecular complexity index is 556. The van der Waals surface area contributed by atoms with E-state index in [4.69, 9.17) is 0 Å². The van der Waals surface area contributed by atoms with Crippen LogP contribution in [0.25, 0.3) is 11.1 Å². The van der Waals surface area contributed by atoms with Gasteiger partial charge in [-0.2, -0.15) is 13.2 Å². The molecule has 0 saturated heterocycles. The van der Waals surface area contributed by atoms with Crippen molar-refractivity contribution < 1.29 is 23.4 Å². The van der Waals surface area contributed by atoms with Gasteiger partial charge in [0.05, 0.1) is 5.56 Å². The smallest absolute Gasteiger partial charge is 0.417 e. The molecule has 0 aliphatic carbocycles. The number of phenols is 2. The lowest BCUT2D eigenvalue weighted by molar-refractivity contribution is -0.137. The third kappa shape index (κ3) is 2.40. The lowest BCUT2D eigenvalue weighted by Crippen LogP contribution is -2.06. The van der Waals surface area contributed by atoms with E-state index in [1.807, 2.05) is 0 Å². The van der Waals surface area contributed by atoms with Gasteiger partial charge in [0.15, 0.2) is 0 Å². The Balaban J connectivity index is 2.64. The van der Waals surface area contributed by atoms with Gasteiger partial charge in [-0.05, 0) is 29.3 Å². The Morgan fingerprint density at radius 1 is 0.833 bits per heavy atom. The molecule has 0 spiro atoms. The minimum atomic E-state index is -4.49. The van der Waals surface area contributed by atoms with Gasteiger partial charge in [-0.3, -0.25) is 0 Å². The van der Waals surface area contributed by atoms with Crippen molar-refractivity contribution in [3.05, 3.63) is 48.0 Å². The Morgan fingerprint density at radius 2 is 1.39 bits per heavy atom. The zero-order valence-corrected chi connectivity index (χ0v) is 9.07. The van der Waals surface area contributed by atoms with E-state index >= 15 is 0 Å². The van der Waals surface area contributed by atoms with E-state index in [0.717, 1.165) is 12.1 Å². The highest BCUT2D eigenvalue weighted by Gasteiger charge is 2.33. The van der Waals surface area contributed by atoms with Crippen molar-refractivity contribution in [2.24, 2.45) is 0 Å². The molecule has 2 rings (SSSR count). The molecule has 0 saturated carbocycles. The number of hydrogen-bond donors (Lipinski definition) is 2. The quantitative estimate of drug-likeness (QED) is 0.812. The molecule has 0 aromatic heterocycles. The highest BCUT2D eigenvalue weighted by Crippen LogP contribution is 2.38. The number of hydrogen-bond acceptors (Lipinski definition) is 2. The average Bonchev–Trinajstić information content (AvgIpc) is 2.26. The van der Waals surface area contributed by atoms with E-state index in [0.29, 0.717) is 0 Å². The highest BCUT2D eigenvalue weighted by molar-refractivity contribution is 5.70. The maximum absolute atomic E-state index is 12.8. The summed E-state index contributed by atoms with van der Waals surface area (Å²) in [6.07, 6.45) is -4.49. The van der Waals surface area contributed by atoms with E-state index in [9.17, 15) is 23.4 Å². The lowest BCUT2D eigenvalue weighted by Gasteiger charge is -2.13. The van der Waals surface area contributed by atoms with Crippen molar-refractivity contribution >= 4 is 0 Å². The first kappa shape index (κ1) is 12.3. The summed E-state index contributed by atoms with van der Waals surface area (Å²) in [7, 11) is 0. The third-order valence-corrected chi connectivity index (χ3v) is 2.45. The fourth-order valence-corrected chi connectivity index (χ4v) is 1.73. The van der Waals surface area contributed by atoms with Crippen LogP contribution >= 0.6 is 0 Å². The molecule has 0 aliphatic heterocycles. The maximum atomic E-state index is 12.8. The molecule has 0 bridgehead atoms. The summed E-state index contributed by atoms with van der Waals surface area (Å²) in [6.45, 7) is 0. The normalized spacial score (nSPS) is 11.5. The van der Waals surface area contributed by atoms with Crippen LogP contribution in [0.15, 0.2) is 42.5 Å². The van der Waals surface area contributed by atoms with E-state index in [1.165, 1.54) is 30.3 Å². The summed E-state index contributed by atoms with van der Waals surface area (Å²) in [6, 6.07) is 8.39. The van der Waals surface area contributed by atoms with Crippen molar-refractivity contribution in [3.8, 4) is 22.6 Å². The van der Waals surface area contributed by atoms with Gasteiger partial charge in [0.2, 0.25) is 0 Å². The van der Waals surface area contributed by atoms with Gasteiger partial charge in [0.1, 0.15) is 11.5 Å². The molecule has 0 aliphatic rings. The second kappa shape index (κ2) is 4.25. The fraction of sp³-hybridized carbons (Fsp3) is 0.0769. The van der Waals surface area contributed by atoms with Crippen molar-refractivity contribution in [1.29, 1.82) is 0 Å². The molecular formula is C13H9F3O2. The molecule has 0 fully saturated rings. The minimum absolute atomic E-state index is 0.0869. The van der Waals surface area contributed by atoms with E-state index in [1.54, 1.807) is 0 Å². The third-order valence-electron chi connectivity index (χ3n) is 2.45. The van der Waals surface area contributed by atoms with Crippen LogP contribution < -0.4 is 0 Å². The van der Waals surface area contributed by atoms with Gasteiger partial charge in [-0.1, -0.05) is 18.2 Å². The number of aromatic hydroxyl groups is 2. The van der Waals surface area contributed by atoms with Crippen LogP contribution in [0.2, 0.25) is 0 Å². The molecule has 18 heavy (non-hydrogen) atoms. The summed E-state index contributed by atoms with van der Waals surface area (Å²) in [5.41, 5.74) is -0.786. The summed E-state index contributed by atoms with van der Waals surface area (Å²) in [4.78, 5) is 0. The molecule has 5 heteroatoms. The van der Waals surface area contributed by atoms with Crippen LogP contribution in [0, 0.1) is 0 Å². The molecule has 0 radical (unpaired) electrons. The van der Waals surface area contributed by atoms with Gasteiger partial charge in [0.25, 0.3) is 0 Å². The Morgan fingerprint density at radius 3 is 1.94 bits per heavy atom. The second-order valence-electron chi connectivity index (χ2n) is 3.78. The second-order valence-corrected chi connectivity index (χ2v) is 3.78. The van der Waals surface area contributed by atoms with Crippen LogP contribution in [0.3, 0.4) is 0 Å². The zero-order chi connectivity index (χ0) is 13.3. The van der Waals surface area contributed by atoms with E-state index in [-0.39, 0.29) is 22.6 Å². The monoisotopic (exact) mass is 254 g/mol. The SMILES string of the molecule is Oc1cc(O)cc(-c2ccccc2C(F)(F)F)c1. The minimum Gasteiger partial charge on any atom is -0.508 e. The summed E-state index contributed by atoms with van der Waals surface area (Å²) in [5.74, 6) is -0.580. The molecule has 2 aromatic rings. The van der Waals surface area contributed by atoms with E-state index in [2.05, 4.69) is 0 Å². The van der Waals surface area contributed by atoms with Crippen molar-refractivity contribution in [2.75, 3.05) is 0 Å². The topological polar surface area (TPSA) is 40.5 Å². The summed E-state index contributed by atoms with van der Waals surface area (Å²) >= 11 is 0. The maximum Gasteiger partial charge on any atom is 0.417 e. The van der Waals surface area contributed by atoms with Crippen molar-refractivity contribution in [3.63, 3.8) is 0 Å². The van der Waals surface area contributed by atoms with Crippen molar-refractivity contribution in [2.45, 2.75) is 6.18 Å². The average molecular weight is 254 g/mol. The largest absolute Gasteiger partial charge is 0.508 e. The van der Waals surface area contributed by atoms with Gasteiger partial charge in [-0.25, -0.2) is 0 Å². The zero-order valence-electron chi connectivity index (χ0n) is 9.07. The number of rotatable bonds is 1. The molecule has 0 amide bonds. The molecule has 2 aromatic carbocycles. The molecule has 2 nitrogen and oxygen atoms in total. The number of phenolic OH excluding ortho intramolecular Hbond substituents is 2. The standard InChI is InChI=1S/C13H9F3O2/c14-13(15,16)12-4-2-1-3-11(12)8-5-9(17)7-10(18)6-8/h1-7,17-18H. The molecule has 0 unspecified atom stereocenters. The Hall–Kier alpha value is -2.17. The predicted molar refractivity (Wildman–Crippen MR) is 60.2 cm³/mol. The van der Waals surface area contributed by atoms with Gasteiger partial charge < -0.3 is 10.2 Å². The van der Waals surface area contributed by atoms with Gasteiger partial charge in [0, 0.05) is 6.07 Å². The first-order valence-electron chi connectivity index (χ1n) is 5.07. The van der Waals surface area contributed by atoms with Crippen LogP contribution in [0.5, 0.6) is 11.5 Å².